The van der Waals surface area contributed by atoms with Crippen LogP contribution in [0.25, 0.3) is 0 Å². The Hall–Kier alpha value is -2.63. The highest BCUT2D eigenvalue weighted by Gasteiger charge is 2.16. The van der Waals surface area contributed by atoms with Crippen molar-refractivity contribution in [1.82, 2.24) is 0 Å². The van der Waals surface area contributed by atoms with Gasteiger partial charge in [0.15, 0.2) is 18.6 Å². The lowest BCUT2D eigenvalue weighted by molar-refractivity contribution is -0.678. The second-order valence-corrected chi connectivity index (χ2v) is 4.57. The van der Waals surface area contributed by atoms with E-state index in [9.17, 15) is 14.3 Å². The van der Waals surface area contributed by atoms with Crippen LogP contribution in [0.3, 0.4) is 0 Å². The highest BCUT2D eigenvalue weighted by molar-refractivity contribution is 5.91. The minimum atomic E-state index is -0.396. The maximum atomic E-state index is 12.8. The maximum Gasteiger partial charge on any atom is 0.262 e. The first-order valence-corrected chi connectivity index (χ1v) is 6.34. The van der Waals surface area contributed by atoms with Gasteiger partial charge in [-0.1, -0.05) is 0 Å². The number of aromatic nitrogens is 1. The summed E-state index contributed by atoms with van der Waals surface area (Å²) in [6, 6.07) is 6.91. The topological polar surface area (TPSA) is 62.4 Å². The molecular formula is C15H16FN2O3+. The normalized spacial score (nSPS) is 10.2. The lowest BCUT2D eigenvalue weighted by atomic mass is 10.3. The number of carbonyl (C=O) groups is 1. The quantitative estimate of drug-likeness (QED) is 0.843. The molecule has 0 atom stereocenters. The lowest BCUT2D eigenvalue weighted by Crippen LogP contribution is -2.32. The van der Waals surface area contributed by atoms with Crippen molar-refractivity contribution < 1.29 is 23.6 Å². The molecule has 0 saturated heterocycles. The van der Waals surface area contributed by atoms with Gasteiger partial charge in [0.1, 0.15) is 12.9 Å². The molecule has 0 spiro atoms. The Morgan fingerprint density at radius 3 is 2.67 bits per heavy atom. The number of ether oxygens (including phenoxy) is 1. The standard InChI is InChI=1S/C15H15FN2O3/c1-10-15(13(19)7-8-18(10)2)21-9-14(20)17-12-5-3-11(16)4-6-12/h3-8H,9H2,1-2H3,(H,17,20)/p+1. The number of hydrogen-bond acceptors (Lipinski definition) is 3. The van der Waals surface area contributed by atoms with E-state index in [0.29, 0.717) is 11.4 Å². The molecule has 0 bridgehead atoms. The first-order chi connectivity index (χ1) is 9.97. The average molecular weight is 291 g/mol. The van der Waals surface area contributed by atoms with E-state index < -0.39 is 5.91 Å². The zero-order chi connectivity index (χ0) is 15.4. The molecule has 1 aromatic carbocycles. The molecule has 0 aliphatic heterocycles. The number of aryl methyl sites for hydroxylation is 1. The summed E-state index contributed by atoms with van der Waals surface area (Å²) in [5.41, 5.74) is 1.18. The Morgan fingerprint density at radius 1 is 1.33 bits per heavy atom. The summed E-state index contributed by atoms with van der Waals surface area (Å²) < 4.78 is 19.9. The number of aromatic hydroxyl groups is 1. The van der Waals surface area contributed by atoms with Crippen LogP contribution in [0.5, 0.6) is 11.5 Å². The predicted octanol–water partition coefficient (Wildman–Crippen LogP) is 1.68. The van der Waals surface area contributed by atoms with Gasteiger partial charge >= 0.3 is 0 Å². The third-order valence-electron chi connectivity index (χ3n) is 3.02. The van der Waals surface area contributed by atoms with Gasteiger partial charge in [-0.2, -0.15) is 0 Å². The van der Waals surface area contributed by atoms with Crippen LogP contribution in [0.1, 0.15) is 5.69 Å². The Bertz CT molecular complexity index is 657. The van der Waals surface area contributed by atoms with Gasteiger partial charge in [0, 0.05) is 18.7 Å². The van der Waals surface area contributed by atoms with Gasteiger partial charge in [0.05, 0.1) is 0 Å². The van der Waals surface area contributed by atoms with Crippen molar-refractivity contribution in [3.8, 4) is 11.5 Å². The van der Waals surface area contributed by atoms with Crippen molar-refractivity contribution in [2.24, 2.45) is 7.05 Å². The van der Waals surface area contributed by atoms with Gasteiger partial charge in [-0.3, -0.25) is 4.79 Å². The number of nitrogens with one attached hydrogen (secondary N) is 1. The predicted molar refractivity (Wildman–Crippen MR) is 74.5 cm³/mol. The molecule has 0 aliphatic rings. The Kier molecular flexibility index (Phi) is 4.37. The monoisotopic (exact) mass is 291 g/mol. The Labute approximate surface area is 121 Å². The molecule has 0 fully saturated rings. The second kappa shape index (κ2) is 6.21. The van der Waals surface area contributed by atoms with Crippen molar-refractivity contribution in [3.05, 3.63) is 48.0 Å². The Balaban J connectivity index is 1.98. The molecule has 1 aromatic heterocycles. The van der Waals surface area contributed by atoms with E-state index in [1.807, 2.05) is 0 Å². The molecule has 5 nitrogen and oxygen atoms in total. The number of anilines is 1. The first-order valence-electron chi connectivity index (χ1n) is 6.34. The zero-order valence-corrected chi connectivity index (χ0v) is 11.8. The molecule has 2 N–H and O–H groups in total. The van der Waals surface area contributed by atoms with Crippen molar-refractivity contribution in [2.45, 2.75) is 6.92 Å². The fraction of sp³-hybridized carbons (Fsp3) is 0.200. The second-order valence-electron chi connectivity index (χ2n) is 4.57. The number of nitrogens with zero attached hydrogens (tertiary/aromatic N) is 1. The molecule has 1 amide bonds. The molecule has 0 radical (unpaired) electrons. The minimum Gasteiger partial charge on any atom is -0.504 e. The fourth-order valence-corrected chi connectivity index (χ4v) is 1.76. The van der Waals surface area contributed by atoms with Gasteiger partial charge in [0.2, 0.25) is 11.4 Å². The van der Waals surface area contributed by atoms with Crippen LogP contribution in [-0.2, 0) is 11.8 Å². The third kappa shape index (κ3) is 3.68. The van der Waals surface area contributed by atoms with Gasteiger partial charge < -0.3 is 15.2 Å². The zero-order valence-electron chi connectivity index (χ0n) is 11.8. The van der Waals surface area contributed by atoms with Crippen molar-refractivity contribution in [2.75, 3.05) is 11.9 Å². The van der Waals surface area contributed by atoms with E-state index in [1.165, 1.54) is 30.3 Å². The molecule has 0 aliphatic carbocycles. The number of benzene rings is 1. The SMILES string of the molecule is Cc1c(OCC(=O)Nc2ccc(F)cc2)c(O)cc[n+]1C. The van der Waals surface area contributed by atoms with Crippen LogP contribution in [0, 0.1) is 12.7 Å². The first kappa shape index (κ1) is 14.8. The van der Waals surface area contributed by atoms with Crippen LogP contribution in [-0.4, -0.2) is 17.6 Å². The van der Waals surface area contributed by atoms with Crippen LogP contribution in [0.2, 0.25) is 0 Å². The van der Waals surface area contributed by atoms with E-state index in [0.717, 1.165) is 0 Å². The van der Waals surface area contributed by atoms with E-state index in [1.54, 1.807) is 24.7 Å². The molecular weight excluding hydrogens is 275 g/mol. The van der Waals surface area contributed by atoms with Crippen LogP contribution >= 0.6 is 0 Å². The molecule has 1 heterocycles. The van der Waals surface area contributed by atoms with Crippen molar-refractivity contribution in [3.63, 3.8) is 0 Å². The number of halogens is 1. The minimum absolute atomic E-state index is 0.0276. The van der Waals surface area contributed by atoms with Gasteiger partial charge in [-0.05, 0) is 24.3 Å². The summed E-state index contributed by atoms with van der Waals surface area (Å²) in [4.78, 5) is 11.8. The fourth-order valence-electron chi connectivity index (χ4n) is 1.76. The van der Waals surface area contributed by atoms with Gasteiger partial charge in [0.25, 0.3) is 5.91 Å². The van der Waals surface area contributed by atoms with E-state index in [2.05, 4.69) is 5.32 Å². The van der Waals surface area contributed by atoms with Gasteiger partial charge in [-0.25, -0.2) is 8.96 Å². The van der Waals surface area contributed by atoms with E-state index in [4.69, 9.17) is 4.74 Å². The smallest absolute Gasteiger partial charge is 0.262 e. The highest BCUT2D eigenvalue weighted by Crippen LogP contribution is 2.26. The van der Waals surface area contributed by atoms with Crippen LogP contribution < -0.4 is 14.6 Å². The van der Waals surface area contributed by atoms with Crippen LogP contribution in [0.15, 0.2) is 36.5 Å². The Morgan fingerprint density at radius 2 is 2.00 bits per heavy atom. The molecule has 0 saturated carbocycles. The van der Waals surface area contributed by atoms with E-state index in [-0.39, 0.29) is 23.9 Å². The molecule has 0 unspecified atom stereocenters. The summed E-state index contributed by atoms with van der Waals surface area (Å²) in [5, 5.41) is 12.3. The largest absolute Gasteiger partial charge is 0.504 e. The summed E-state index contributed by atoms with van der Waals surface area (Å²) in [5.74, 6) is -0.539. The summed E-state index contributed by atoms with van der Waals surface area (Å²) in [6.45, 7) is 1.52. The maximum absolute atomic E-state index is 12.8. The molecule has 110 valence electrons. The number of rotatable bonds is 4. The number of carbonyl (C=O) groups excluding carboxylic acids is 1. The summed E-state index contributed by atoms with van der Waals surface area (Å²) >= 11 is 0. The molecule has 2 aromatic rings. The number of hydrogen-bond donors (Lipinski definition) is 2. The lowest BCUT2D eigenvalue weighted by Gasteiger charge is -2.09. The molecule has 2 rings (SSSR count). The summed E-state index contributed by atoms with van der Waals surface area (Å²) in [7, 11) is 1.81. The van der Waals surface area contributed by atoms with Crippen molar-refractivity contribution in [1.29, 1.82) is 0 Å². The van der Waals surface area contributed by atoms with Gasteiger partial charge in [-0.15, -0.1) is 0 Å². The molecule has 6 heteroatoms. The van der Waals surface area contributed by atoms with E-state index >= 15 is 0 Å². The van der Waals surface area contributed by atoms with Crippen molar-refractivity contribution >= 4 is 11.6 Å². The average Bonchev–Trinajstić information content (AvgIpc) is 2.45. The summed E-state index contributed by atoms with van der Waals surface area (Å²) in [6.07, 6.45) is 1.69. The highest BCUT2D eigenvalue weighted by atomic mass is 19.1. The third-order valence-corrected chi connectivity index (χ3v) is 3.02. The van der Waals surface area contributed by atoms with Crippen LogP contribution in [0.4, 0.5) is 10.1 Å². The number of pyridine rings is 1. The molecule has 21 heavy (non-hydrogen) atoms. The number of amides is 1.